The minimum absolute atomic E-state index is 0.211. The minimum atomic E-state index is 0.211. The van der Waals surface area contributed by atoms with Crippen LogP contribution in [0.2, 0.25) is 0 Å². The zero-order valence-corrected chi connectivity index (χ0v) is 15.7. The predicted octanol–water partition coefficient (Wildman–Crippen LogP) is 3.89. The van der Waals surface area contributed by atoms with E-state index in [1.165, 1.54) is 11.1 Å². The van der Waals surface area contributed by atoms with Crippen LogP contribution in [0.1, 0.15) is 64.0 Å². The molecule has 0 radical (unpaired) electrons. The Morgan fingerprint density at radius 3 is 2.29 bits per heavy atom. The standard InChI is InChI=1S/C21H34N2O/c1-21(2,3)19-10-8-17(9-11-19)6-4-5-7-20(24)23-14-12-18(16-22)13-15-23/h8-11,18H,4-7,12-16,22H2,1-3H3. The first kappa shape index (κ1) is 19.0. The van der Waals surface area contributed by atoms with Gasteiger partial charge in [-0.2, -0.15) is 0 Å². The van der Waals surface area contributed by atoms with Gasteiger partial charge >= 0.3 is 0 Å². The summed E-state index contributed by atoms with van der Waals surface area (Å²) in [6.07, 6.45) is 5.96. The van der Waals surface area contributed by atoms with Gasteiger partial charge in [-0.25, -0.2) is 0 Å². The number of hydrogen-bond donors (Lipinski definition) is 1. The molecule has 24 heavy (non-hydrogen) atoms. The van der Waals surface area contributed by atoms with E-state index in [1.807, 2.05) is 4.90 Å². The van der Waals surface area contributed by atoms with Crippen molar-refractivity contribution < 1.29 is 4.79 Å². The van der Waals surface area contributed by atoms with Crippen LogP contribution >= 0.6 is 0 Å². The van der Waals surface area contributed by atoms with Crippen LogP contribution in [0.15, 0.2) is 24.3 Å². The van der Waals surface area contributed by atoms with Gasteiger partial charge in [0.25, 0.3) is 0 Å². The fourth-order valence-electron chi connectivity index (χ4n) is 3.35. The molecule has 0 atom stereocenters. The monoisotopic (exact) mass is 330 g/mol. The summed E-state index contributed by atoms with van der Waals surface area (Å²) < 4.78 is 0. The van der Waals surface area contributed by atoms with Gasteiger partial charge in [0.15, 0.2) is 0 Å². The molecule has 1 aromatic carbocycles. The summed E-state index contributed by atoms with van der Waals surface area (Å²) in [5.41, 5.74) is 8.67. The van der Waals surface area contributed by atoms with Crippen molar-refractivity contribution in [2.45, 2.75) is 64.7 Å². The molecule has 2 N–H and O–H groups in total. The van der Waals surface area contributed by atoms with Gasteiger partial charge in [0.05, 0.1) is 0 Å². The molecule has 0 spiro atoms. The van der Waals surface area contributed by atoms with Gasteiger partial charge in [-0.05, 0) is 61.1 Å². The Hall–Kier alpha value is -1.35. The number of carbonyl (C=O) groups is 1. The molecule has 1 aromatic rings. The van der Waals surface area contributed by atoms with Gasteiger partial charge in [-0.3, -0.25) is 4.79 Å². The topological polar surface area (TPSA) is 46.3 Å². The van der Waals surface area contributed by atoms with Crippen LogP contribution in [0.5, 0.6) is 0 Å². The quantitative estimate of drug-likeness (QED) is 0.804. The fraction of sp³-hybridized carbons (Fsp3) is 0.667. The van der Waals surface area contributed by atoms with Gasteiger partial charge in [-0.1, -0.05) is 45.0 Å². The molecule has 134 valence electrons. The van der Waals surface area contributed by atoms with Crippen LogP contribution in [0.4, 0.5) is 0 Å². The number of amides is 1. The van der Waals surface area contributed by atoms with E-state index in [9.17, 15) is 4.79 Å². The van der Waals surface area contributed by atoms with Crippen LogP contribution in [0, 0.1) is 5.92 Å². The number of aryl methyl sites for hydroxylation is 1. The maximum absolute atomic E-state index is 12.3. The van der Waals surface area contributed by atoms with E-state index in [4.69, 9.17) is 5.73 Å². The summed E-state index contributed by atoms with van der Waals surface area (Å²) in [4.78, 5) is 14.3. The molecule has 3 heteroatoms. The molecule has 3 nitrogen and oxygen atoms in total. The van der Waals surface area contributed by atoms with Crippen molar-refractivity contribution in [1.29, 1.82) is 0 Å². The van der Waals surface area contributed by atoms with E-state index in [-0.39, 0.29) is 5.41 Å². The van der Waals surface area contributed by atoms with E-state index < -0.39 is 0 Å². The van der Waals surface area contributed by atoms with Crippen molar-refractivity contribution in [3.05, 3.63) is 35.4 Å². The van der Waals surface area contributed by atoms with Crippen LogP contribution in [0.3, 0.4) is 0 Å². The average Bonchev–Trinajstić information content (AvgIpc) is 2.58. The third kappa shape index (κ3) is 5.62. The van der Waals surface area contributed by atoms with E-state index in [0.717, 1.165) is 51.7 Å². The lowest BCUT2D eigenvalue weighted by atomic mass is 9.86. The molecule has 0 bridgehead atoms. The fourth-order valence-corrected chi connectivity index (χ4v) is 3.35. The molecule has 0 aromatic heterocycles. The molecular weight excluding hydrogens is 296 g/mol. The molecule has 0 saturated carbocycles. The third-order valence-electron chi connectivity index (χ3n) is 5.23. The molecule has 2 rings (SSSR count). The normalized spacial score (nSPS) is 16.4. The number of hydrogen-bond acceptors (Lipinski definition) is 2. The first-order valence-corrected chi connectivity index (χ1v) is 9.47. The van der Waals surface area contributed by atoms with E-state index in [2.05, 4.69) is 45.0 Å². The summed E-state index contributed by atoms with van der Waals surface area (Å²) in [6, 6.07) is 8.95. The summed E-state index contributed by atoms with van der Waals surface area (Å²) in [7, 11) is 0. The second-order valence-corrected chi connectivity index (χ2v) is 8.21. The van der Waals surface area contributed by atoms with Crippen LogP contribution < -0.4 is 5.73 Å². The summed E-state index contributed by atoms with van der Waals surface area (Å²) in [5, 5.41) is 0. The Bertz CT molecular complexity index is 508. The van der Waals surface area contributed by atoms with E-state index in [1.54, 1.807) is 0 Å². The summed E-state index contributed by atoms with van der Waals surface area (Å²) in [6.45, 7) is 9.28. The molecule has 1 aliphatic rings. The second-order valence-electron chi connectivity index (χ2n) is 8.21. The van der Waals surface area contributed by atoms with Crippen molar-refractivity contribution in [1.82, 2.24) is 4.90 Å². The lowest BCUT2D eigenvalue weighted by Gasteiger charge is -2.31. The highest BCUT2D eigenvalue weighted by Gasteiger charge is 2.21. The van der Waals surface area contributed by atoms with Crippen LogP contribution in [0.25, 0.3) is 0 Å². The number of carbonyl (C=O) groups excluding carboxylic acids is 1. The van der Waals surface area contributed by atoms with Gasteiger partial charge in [-0.15, -0.1) is 0 Å². The van der Waals surface area contributed by atoms with Gasteiger partial charge in [0, 0.05) is 19.5 Å². The number of piperidine rings is 1. The first-order valence-electron chi connectivity index (χ1n) is 9.47. The lowest BCUT2D eigenvalue weighted by Crippen LogP contribution is -2.39. The maximum Gasteiger partial charge on any atom is 0.222 e. The summed E-state index contributed by atoms with van der Waals surface area (Å²) >= 11 is 0. The predicted molar refractivity (Wildman–Crippen MR) is 101 cm³/mol. The van der Waals surface area contributed by atoms with Crippen LogP contribution in [-0.2, 0) is 16.6 Å². The Labute approximate surface area is 147 Å². The van der Waals surface area contributed by atoms with Crippen molar-refractivity contribution in [3.63, 3.8) is 0 Å². The molecule has 1 fully saturated rings. The van der Waals surface area contributed by atoms with E-state index >= 15 is 0 Å². The first-order chi connectivity index (χ1) is 11.4. The van der Waals surface area contributed by atoms with Crippen molar-refractivity contribution in [2.24, 2.45) is 11.7 Å². The van der Waals surface area contributed by atoms with Gasteiger partial charge < -0.3 is 10.6 Å². The number of nitrogens with two attached hydrogens (primary N) is 1. The number of likely N-dealkylation sites (tertiary alicyclic amines) is 1. The average molecular weight is 331 g/mol. The number of unbranched alkanes of at least 4 members (excludes halogenated alkanes) is 1. The smallest absolute Gasteiger partial charge is 0.222 e. The van der Waals surface area contributed by atoms with Crippen molar-refractivity contribution in [3.8, 4) is 0 Å². The minimum Gasteiger partial charge on any atom is -0.343 e. The molecule has 1 amide bonds. The number of benzene rings is 1. The highest BCUT2D eigenvalue weighted by atomic mass is 16.2. The molecule has 1 heterocycles. The Kier molecular flexibility index (Phi) is 6.85. The molecular formula is C21H34N2O. The van der Waals surface area contributed by atoms with Crippen molar-refractivity contribution >= 4 is 5.91 Å². The maximum atomic E-state index is 12.3. The molecule has 1 aliphatic heterocycles. The van der Waals surface area contributed by atoms with Crippen molar-refractivity contribution in [2.75, 3.05) is 19.6 Å². The van der Waals surface area contributed by atoms with Gasteiger partial charge in [0.2, 0.25) is 5.91 Å². The van der Waals surface area contributed by atoms with Crippen LogP contribution in [-0.4, -0.2) is 30.4 Å². The van der Waals surface area contributed by atoms with Gasteiger partial charge in [0.1, 0.15) is 0 Å². The molecule has 0 unspecified atom stereocenters. The molecule has 1 saturated heterocycles. The lowest BCUT2D eigenvalue weighted by molar-refractivity contribution is -0.132. The summed E-state index contributed by atoms with van der Waals surface area (Å²) in [5.74, 6) is 0.943. The Balaban J connectivity index is 1.67. The largest absolute Gasteiger partial charge is 0.343 e. The van der Waals surface area contributed by atoms with E-state index in [0.29, 0.717) is 18.2 Å². The zero-order chi connectivity index (χ0) is 17.6. The highest BCUT2D eigenvalue weighted by molar-refractivity contribution is 5.76. The third-order valence-corrected chi connectivity index (χ3v) is 5.23. The SMILES string of the molecule is CC(C)(C)c1ccc(CCCCC(=O)N2CCC(CN)CC2)cc1. The Morgan fingerprint density at radius 2 is 1.75 bits per heavy atom. The number of rotatable bonds is 6. The zero-order valence-electron chi connectivity index (χ0n) is 15.7. The molecule has 0 aliphatic carbocycles. The number of nitrogens with zero attached hydrogens (tertiary/aromatic N) is 1. The highest BCUT2D eigenvalue weighted by Crippen LogP contribution is 2.23. The second kappa shape index (κ2) is 8.66. The Morgan fingerprint density at radius 1 is 1.12 bits per heavy atom.